The summed E-state index contributed by atoms with van der Waals surface area (Å²) in [4.78, 5) is 14.1. The van der Waals surface area contributed by atoms with Crippen LogP contribution in [0, 0.1) is 6.92 Å². The molecule has 1 amide bonds. The number of aryl methyl sites for hydroxylation is 2. The van der Waals surface area contributed by atoms with E-state index in [1.807, 2.05) is 4.90 Å². The number of fused-ring (bicyclic) bond motifs is 1. The van der Waals surface area contributed by atoms with Crippen LogP contribution in [0.1, 0.15) is 37.3 Å². The first-order valence-corrected chi connectivity index (χ1v) is 6.66. The summed E-state index contributed by atoms with van der Waals surface area (Å²) in [5.41, 5.74) is 3.53. The number of aliphatic hydroxyl groups excluding tert-OH is 1. The predicted molar refractivity (Wildman–Crippen MR) is 72.8 cm³/mol. The van der Waals surface area contributed by atoms with Crippen molar-refractivity contribution in [1.82, 2.24) is 0 Å². The van der Waals surface area contributed by atoms with Crippen molar-refractivity contribution in [3.05, 3.63) is 29.3 Å². The molecule has 0 bridgehead atoms. The van der Waals surface area contributed by atoms with Crippen molar-refractivity contribution in [3.63, 3.8) is 0 Å². The molecule has 0 aliphatic carbocycles. The van der Waals surface area contributed by atoms with Gasteiger partial charge in [0.2, 0.25) is 5.91 Å². The van der Waals surface area contributed by atoms with Crippen LogP contribution in [0.3, 0.4) is 0 Å². The molecule has 2 rings (SSSR count). The first-order valence-electron chi connectivity index (χ1n) is 6.66. The molecule has 1 heterocycles. The summed E-state index contributed by atoms with van der Waals surface area (Å²) in [6.07, 6.45) is 2.63. The number of aliphatic hydroxyl groups is 1. The zero-order chi connectivity index (χ0) is 13.1. The Balaban J connectivity index is 2.19. The highest BCUT2D eigenvalue weighted by Crippen LogP contribution is 2.31. The molecule has 1 unspecified atom stereocenters. The monoisotopic (exact) mass is 247 g/mol. The van der Waals surface area contributed by atoms with Gasteiger partial charge in [-0.2, -0.15) is 0 Å². The summed E-state index contributed by atoms with van der Waals surface area (Å²) in [6.45, 7) is 4.58. The minimum atomic E-state index is -0.407. The lowest BCUT2D eigenvalue weighted by Gasteiger charge is -2.31. The maximum absolute atomic E-state index is 12.2. The smallest absolute Gasteiger partial charge is 0.227 e. The van der Waals surface area contributed by atoms with Gasteiger partial charge in [-0.05, 0) is 44.2 Å². The first kappa shape index (κ1) is 13.1. The lowest BCUT2D eigenvalue weighted by atomic mass is 9.97. The number of hydrogen-bond donors (Lipinski definition) is 1. The Kier molecular flexibility index (Phi) is 4.02. The second kappa shape index (κ2) is 5.53. The van der Waals surface area contributed by atoms with Crippen LogP contribution < -0.4 is 4.90 Å². The summed E-state index contributed by atoms with van der Waals surface area (Å²) < 4.78 is 0. The van der Waals surface area contributed by atoms with Crippen molar-refractivity contribution < 1.29 is 9.90 Å². The van der Waals surface area contributed by atoms with E-state index in [-0.39, 0.29) is 5.91 Å². The number of benzene rings is 1. The molecular weight excluding hydrogens is 226 g/mol. The molecule has 1 aromatic rings. The van der Waals surface area contributed by atoms with E-state index in [0.717, 1.165) is 30.6 Å². The number of carbonyl (C=O) groups excluding carboxylic acids is 1. The fraction of sp³-hybridized carbons (Fsp3) is 0.533. The molecule has 1 aromatic carbocycles. The predicted octanol–water partition coefficient (Wildman–Crippen LogP) is 2.44. The number of nitrogens with zero attached hydrogens (tertiary/aromatic N) is 1. The van der Waals surface area contributed by atoms with Crippen molar-refractivity contribution in [2.24, 2.45) is 0 Å². The molecule has 0 aromatic heterocycles. The molecule has 1 aliphatic rings. The van der Waals surface area contributed by atoms with Gasteiger partial charge in [0.1, 0.15) is 0 Å². The van der Waals surface area contributed by atoms with E-state index < -0.39 is 6.10 Å². The molecule has 0 fully saturated rings. The third-order valence-corrected chi connectivity index (χ3v) is 3.50. The Morgan fingerprint density at radius 3 is 3.00 bits per heavy atom. The van der Waals surface area contributed by atoms with Crippen LogP contribution in [0.25, 0.3) is 0 Å². The molecule has 1 atom stereocenters. The Hall–Kier alpha value is -1.35. The van der Waals surface area contributed by atoms with Gasteiger partial charge in [-0.3, -0.25) is 4.79 Å². The molecule has 1 aliphatic heterocycles. The van der Waals surface area contributed by atoms with E-state index in [1.54, 1.807) is 6.92 Å². The Morgan fingerprint density at radius 1 is 1.50 bits per heavy atom. The molecule has 0 saturated heterocycles. The maximum atomic E-state index is 12.2. The van der Waals surface area contributed by atoms with Crippen molar-refractivity contribution in [2.75, 3.05) is 11.4 Å². The van der Waals surface area contributed by atoms with Crippen LogP contribution >= 0.6 is 0 Å². The zero-order valence-corrected chi connectivity index (χ0v) is 11.1. The van der Waals surface area contributed by atoms with E-state index in [0.29, 0.717) is 12.8 Å². The van der Waals surface area contributed by atoms with E-state index in [1.165, 1.54) is 5.56 Å². The van der Waals surface area contributed by atoms with Crippen LogP contribution in [0.5, 0.6) is 0 Å². The first-order chi connectivity index (χ1) is 8.59. The third-order valence-electron chi connectivity index (χ3n) is 3.50. The van der Waals surface area contributed by atoms with Gasteiger partial charge >= 0.3 is 0 Å². The average Bonchev–Trinajstić information content (AvgIpc) is 2.35. The number of anilines is 1. The second-order valence-electron chi connectivity index (χ2n) is 5.12. The molecule has 98 valence electrons. The van der Waals surface area contributed by atoms with E-state index in [9.17, 15) is 9.90 Å². The summed E-state index contributed by atoms with van der Waals surface area (Å²) >= 11 is 0. The van der Waals surface area contributed by atoms with E-state index in [2.05, 4.69) is 25.1 Å². The number of carbonyl (C=O) groups is 1. The lowest BCUT2D eigenvalue weighted by Crippen LogP contribution is -2.36. The summed E-state index contributed by atoms with van der Waals surface area (Å²) in [7, 11) is 0. The van der Waals surface area contributed by atoms with Gasteiger partial charge in [0.25, 0.3) is 0 Å². The highest BCUT2D eigenvalue weighted by Gasteiger charge is 2.23. The van der Waals surface area contributed by atoms with Gasteiger partial charge in [-0.15, -0.1) is 0 Å². The largest absolute Gasteiger partial charge is 0.393 e. The SMILES string of the molecule is Cc1cccc2c1N(C(=O)CCC(C)O)CCC2. The Morgan fingerprint density at radius 2 is 2.28 bits per heavy atom. The summed E-state index contributed by atoms with van der Waals surface area (Å²) in [6, 6.07) is 6.22. The highest BCUT2D eigenvalue weighted by molar-refractivity contribution is 5.95. The third kappa shape index (κ3) is 2.72. The van der Waals surface area contributed by atoms with E-state index >= 15 is 0 Å². The zero-order valence-electron chi connectivity index (χ0n) is 11.1. The molecule has 0 saturated carbocycles. The van der Waals surface area contributed by atoms with Crippen LogP contribution in [-0.4, -0.2) is 23.7 Å². The summed E-state index contributed by atoms with van der Waals surface area (Å²) in [5, 5.41) is 9.28. The van der Waals surface area contributed by atoms with Crippen molar-refractivity contribution in [1.29, 1.82) is 0 Å². The minimum Gasteiger partial charge on any atom is -0.393 e. The average molecular weight is 247 g/mol. The molecule has 0 spiro atoms. The maximum Gasteiger partial charge on any atom is 0.227 e. The molecule has 0 radical (unpaired) electrons. The second-order valence-corrected chi connectivity index (χ2v) is 5.12. The highest BCUT2D eigenvalue weighted by atomic mass is 16.3. The van der Waals surface area contributed by atoms with Gasteiger partial charge in [-0.25, -0.2) is 0 Å². The topological polar surface area (TPSA) is 40.5 Å². The van der Waals surface area contributed by atoms with Gasteiger partial charge in [0.05, 0.1) is 6.10 Å². The fourth-order valence-electron chi connectivity index (χ4n) is 2.56. The molecule has 3 heteroatoms. The Bertz CT molecular complexity index is 440. The van der Waals surface area contributed by atoms with Crippen molar-refractivity contribution >= 4 is 11.6 Å². The molecule has 18 heavy (non-hydrogen) atoms. The quantitative estimate of drug-likeness (QED) is 0.891. The van der Waals surface area contributed by atoms with Gasteiger partial charge in [-0.1, -0.05) is 18.2 Å². The van der Waals surface area contributed by atoms with Crippen LogP contribution in [0.2, 0.25) is 0 Å². The van der Waals surface area contributed by atoms with Gasteiger partial charge < -0.3 is 10.0 Å². The number of amides is 1. The van der Waals surface area contributed by atoms with Gasteiger partial charge in [0, 0.05) is 18.7 Å². The lowest BCUT2D eigenvalue weighted by molar-refractivity contribution is -0.119. The molecule has 3 nitrogen and oxygen atoms in total. The number of hydrogen-bond acceptors (Lipinski definition) is 2. The minimum absolute atomic E-state index is 0.131. The Labute approximate surface area is 108 Å². The van der Waals surface area contributed by atoms with Crippen molar-refractivity contribution in [3.8, 4) is 0 Å². The van der Waals surface area contributed by atoms with Crippen molar-refractivity contribution in [2.45, 2.75) is 45.6 Å². The number of para-hydroxylation sites is 1. The van der Waals surface area contributed by atoms with Crippen LogP contribution in [0.4, 0.5) is 5.69 Å². The standard InChI is InChI=1S/C15H21NO2/c1-11-5-3-6-13-7-4-10-16(15(11)13)14(18)9-8-12(2)17/h3,5-6,12,17H,4,7-10H2,1-2H3. The fourth-order valence-corrected chi connectivity index (χ4v) is 2.56. The van der Waals surface area contributed by atoms with Crippen LogP contribution in [-0.2, 0) is 11.2 Å². The number of rotatable bonds is 3. The summed E-state index contributed by atoms with van der Waals surface area (Å²) in [5.74, 6) is 0.131. The normalized spacial score (nSPS) is 16.3. The van der Waals surface area contributed by atoms with E-state index in [4.69, 9.17) is 0 Å². The molecule has 1 N–H and O–H groups in total. The molecular formula is C15H21NO2. The van der Waals surface area contributed by atoms with Gasteiger partial charge in [0.15, 0.2) is 0 Å². The van der Waals surface area contributed by atoms with Crippen LogP contribution in [0.15, 0.2) is 18.2 Å².